The van der Waals surface area contributed by atoms with E-state index in [4.69, 9.17) is 4.74 Å². The molecule has 0 radical (unpaired) electrons. The van der Waals surface area contributed by atoms with Gasteiger partial charge in [-0.15, -0.1) is 0 Å². The van der Waals surface area contributed by atoms with E-state index in [1.165, 1.54) is 6.92 Å². The number of hydrazone groups is 1. The Balaban J connectivity index is 1.99. The van der Waals surface area contributed by atoms with Crippen molar-refractivity contribution in [3.63, 3.8) is 0 Å². The summed E-state index contributed by atoms with van der Waals surface area (Å²) in [5, 5.41) is 3.82. The molecular weight excluding hydrogens is 332 g/mol. The Hall–Kier alpha value is -2.14. The number of carbonyl (C=O) groups is 1. The number of hydrogen-bond acceptors (Lipinski definition) is 3. The zero-order valence-corrected chi connectivity index (χ0v) is 13.1. The minimum absolute atomic E-state index is 0.201. The fourth-order valence-electron chi connectivity index (χ4n) is 1.65. The first kappa shape index (κ1) is 15.3. The van der Waals surface area contributed by atoms with Crippen LogP contribution >= 0.6 is 15.9 Å². The maximum atomic E-state index is 10.7. The second kappa shape index (κ2) is 7.59. The molecule has 4 nitrogen and oxygen atoms in total. The Kier molecular flexibility index (Phi) is 5.51. The predicted octanol–water partition coefficient (Wildman–Crippen LogP) is 3.50. The van der Waals surface area contributed by atoms with Crippen molar-refractivity contribution in [2.75, 3.05) is 0 Å². The smallest absolute Gasteiger partial charge is 0.236 e. The highest BCUT2D eigenvalue weighted by atomic mass is 79.9. The Morgan fingerprint density at radius 3 is 2.71 bits per heavy atom. The van der Waals surface area contributed by atoms with E-state index >= 15 is 0 Å². The molecule has 21 heavy (non-hydrogen) atoms. The summed E-state index contributed by atoms with van der Waals surface area (Å²) < 4.78 is 6.60. The van der Waals surface area contributed by atoms with Gasteiger partial charge in [0, 0.05) is 6.92 Å². The predicted molar refractivity (Wildman–Crippen MR) is 86.3 cm³/mol. The molecule has 0 aromatic heterocycles. The van der Waals surface area contributed by atoms with Crippen LogP contribution in [-0.2, 0) is 11.4 Å². The van der Waals surface area contributed by atoms with Crippen LogP contribution in [0.5, 0.6) is 5.75 Å². The summed E-state index contributed by atoms with van der Waals surface area (Å²) in [6.45, 7) is 1.92. The Morgan fingerprint density at radius 2 is 2.05 bits per heavy atom. The minimum atomic E-state index is -0.201. The van der Waals surface area contributed by atoms with E-state index in [0.29, 0.717) is 6.61 Å². The zero-order valence-electron chi connectivity index (χ0n) is 11.5. The number of nitrogens with zero attached hydrogens (tertiary/aromatic N) is 1. The maximum absolute atomic E-state index is 10.7. The van der Waals surface area contributed by atoms with Crippen LogP contribution in [0.2, 0.25) is 0 Å². The molecule has 0 fully saturated rings. The molecular formula is C16H15BrN2O2. The molecule has 108 valence electrons. The number of ether oxygens (including phenoxy) is 1. The van der Waals surface area contributed by atoms with Crippen molar-refractivity contribution in [2.24, 2.45) is 5.10 Å². The van der Waals surface area contributed by atoms with Crippen LogP contribution in [0.25, 0.3) is 0 Å². The first-order valence-corrected chi connectivity index (χ1v) is 7.20. The van der Waals surface area contributed by atoms with Gasteiger partial charge in [0.05, 0.1) is 10.7 Å². The molecule has 1 N–H and O–H groups in total. The molecule has 1 amide bonds. The van der Waals surface area contributed by atoms with Crippen molar-refractivity contribution in [1.29, 1.82) is 0 Å². The average Bonchev–Trinajstić information content (AvgIpc) is 2.47. The van der Waals surface area contributed by atoms with Gasteiger partial charge in [-0.2, -0.15) is 5.10 Å². The topological polar surface area (TPSA) is 50.7 Å². The first-order chi connectivity index (χ1) is 10.1. The second-order valence-electron chi connectivity index (χ2n) is 4.39. The van der Waals surface area contributed by atoms with E-state index in [-0.39, 0.29) is 5.91 Å². The van der Waals surface area contributed by atoms with Crippen LogP contribution in [0.15, 0.2) is 58.1 Å². The number of benzene rings is 2. The number of nitrogens with one attached hydrogen (secondary N) is 1. The van der Waals surface area contributed by atoms with Crippen molar-refractivity contribution < 1.29 is 9.53 Å². The molecule has 2 aromatic rings. The van der Waals surface area contributed by atoms with Crippen molar-refractivity contribution >= 4 is 28.1 Å². The van der Waals surface area contributed by atoms with Crippen molar-refractivity contribution in [3.8, 4) is 5.75 Å². The van der Waals surface area contributed by atoms with E-state index in [0.717, 1.165) is 21.3 Å². The molecule has 0 unspecified atom stereocenters. The van der Waals surface area contributed by atoms with Gasteiger partial charge in [-0.05, 0) is 45.3 Å². The van der Waals surface area contributed by atoms with Crippen LogP contribution in [0, 0.1) is 0 Å². The Bertz CT molecular complexity index is 642. The Morgan fingerprint density at radius 1 is 1.29 bits per heavy atom. The monoisotopic (exact) mass is 346 g/mol. The molecule has 2 aromatic carbocycles. The summed E-state index contributed by atoms with van der Waals surface area (Å²) >= 11 is 3.47. The molecule has 0 spiro atoms. The highest BCUT2D eigenvalue weighted by Gasteiger charge is 2.02. The third-order valence-electron chi connectivity index (χ3n) is 2.63. The molecule has 0 aliphatic heterocycles. The van der Waals surface area contributed by atoms with E-state index in [1.807, 2.05) is 48.5 Å². The summed E-state index contributed by atoms with van der Waals surface area (Å²) in [5.74, 6) is 0.559. The third kappa shape index (κ3) is 5.04. The van der Waals surface area contributed by atoms with Crippen molar-refractivity contribution in [2.45, 2.75) is 13.5 Å². The number of carbonyl (C=O) groups excluding carboxylic acids is 1. The summed E-state index contributed by atoms with van der Waals surface area (Å²) in [5.41, 5.74) is 4.33. The molecule has 0 atom stereocenters. The SMILES string of the molecule is CC(=O)N/N=C\c1ccc(OCc2ccccc2)c(Br)c1. The largest absolute Gasteiger partial charge is 0.488 e. The number of rotatable bonds is 5. The van der Waals surface area contributed by atoms with Crippen LogP contribution < -0.4 is 10.2 Å². The highest BCUT2D eigenvalue weighted by molar-refractivity contribution is 9.10. The van der Waals surface area contributed by atoms with Gasteiger partial charge in [0.25, 0.3) is 0 Å². The van der Waals surface area contributed by atoms with Crippen LogP contribution in [0.4, 0.5) is 0 Å². The molecule has 0 aliphatic carbocycles. The van der Waals surface area contributed by atoms with Gasteiger partial charge in [0.1, 0.15) is 12.4 Å². The molecule has 2 rings (SSSR count). The second-order valence-corrected chi connectivity index (χ2v) is 5.24. The molecule has 5 heteroatoms. The zero-order chi connectivity index (χ0) is 15.1. The molecule has 0 bridgehead atoms. The van der Waals surface area contributed by atoms with E-state index in [2.05, 4.69) is 26.5 Å². The van der Waals surface area contributed by atoms with Gasteiger partial charge in [0.15, 0.2) is 0 Å². The highest BCUT2D eigenvalue weighted by Crippen LogP contribution is 2.26. The molecule has 0 saturated heterocycles. The van der Waals surface area contributed by atoms with Gasteiger partial charge in [-0.1, -0.05) is 30.3 Å². The van der Waals surface area contributed by atoms with E-state index in [1.54, 1.807) is 6.21 Å². The van der Waals surface area contributed by atoms with E-state index in [9.17, 15) is 4.79 Å². The fourth-order valence-corrected chi connectivity index (χ4v) is 2.16. The van der Waals surface area contributed by atoms with Crippen molar-refractivity contribution in [3.05, 3.63) is 64.1 Å². The van der Waals surface area contributed by atoms with Gasteiger partial charge in [0.2, 0.25) is 5.91 Å². The van der Waals surface area contributed by atoms with Crippen LogP contribution in [0.1, 0.15) is 18.1 Å². The summed E-state index contributed by atoms with van der Waals surface area (Å²) in [6.07, 6.45) is 1.58. The standard InChI is InChI=1S/C16H15BrN2O2/c1-12(20)19-18-10-14-7-8-16(15(17)9-14)21-11-13-5-3-2-4-6-13/h2-10H,11H2,1H3,(H,19,20)/b18-10-. The lowest BCUT2D eigenvalue weighted by molar-refractivity contribution is -0.118. The van der Waals surface area contributed by atoms with Crippen LogP contribution in [-0.4, -0.2) is 12.1 Å². The molecule has 0 heterocycles. The number of halogens is 1. The lowest BCUT2D eigenvalue weighted by atomic mass is 10.2. The molecule has 0 aliphatic rings. The lowest BCUT2D eigenvalue weighted by Gasteiger charge is -2.08. The van der Waals surface area contributed by atoms with Crippen molar-refractivity contribution in [1.82, 2.24) is 5.43 Å². The Labute approximate surface area is 132 Å². The van der Waals surface area contributed by atoms with E-state index < -0.39 is 0 Å². The van der Waals surface area contributed by atoms with Gasteiger partial charge < -0.3 is 4.74 Å². The molecule has 0 saturated carbocycles. The van der Waals surface area contributed by atoms with Gasteiger partial charge in [-0.3, -0.25) is 4.79 Å². The lowest BCUT2D eigenvalue weighted by Crippen LogP contribution is -2.12. The maximum Gasteiger partial charge on any atom is 0.236 e. The number of amides is 1. The number of hydrogen-bond donors (Lipinski definition) is 1. The normalized spacial score (nSPS) is 10.6. The summed E-state index contributed by atoms with van der Waals surface area (Å²) in [6, 6.07) is 15.6. The quantitative estimate of drug-likeness (QED) is 0.665. The summed E-state index contributed by atoms with van der Waals surface area (Å²) in [7, 11) is 0. The van der Waals surface area contributed by atoms with Gasteiger partial charge in [-0.25, -0.2) is 5.43 Å². The fraction of sp³-hybridized carbons (Fsp3) is 0.125. The minimum Gasteiger partial charge on any atom is -0.488 e. The summed E-state index contributed by atoms with van der Waals surface area (Å²) in [4.78, 5) is 10.7. The third-order valence-corrected chi connectivity index (χ3v) is 3.25. The first-order valence-electron chi connectivity index (χ1n) is 6.41. The van der Waals surface area contributed by atoms with Gasteiger partial charge >= 0.3 is 0 Å². The van der Waals surface area contributed by atoms with Crippen LogP contribution in [0.3, 0.4) is 0 Å². The average molecular weight is 347 g/mol.